The number of nitrogens with zero attached hydrogens (tertiary/aromatic N) is 3. The van der Waals surface area contributed by atoms with Crippen LogP contribution in [-0.4, -0.2) is 52.3 Å². The van der Waals surface area contributed by atoms with E-state index in [1.807, 2.05) is 31.2 Å². The second-order valence-corrected chi connectivity index (χ2v) is 10.4. The van der Waals surface area contributed by atoms with E-state index in [0.717, 1.165) is 21.6 Å². The van der Waals surface area contributed by atoms with Gasteiger partial charge in [0.05, 0.1) is 17.6 Å². The topological polar surface area (TPSA) is 148 Å². The highest BCUT2D eigenvalue weighted by molar-refractivity contribution is 7.89. The minimum absolute atomic E-state index is 0.117. The molecule has 10 nitrogen and oxygen atoms in total. The zero-order chi connectivity index (χ0) is 26.7. The molecule has 4 rings (SSSR count). The van der Waals surface area contributed by atoms with Crippen molar-refractivity contribution < 1.29 is 28.2 Å². The summed E-state index contributed by atoms with van der Waals surface area (Å²) in [5.74, 6) is -1.27. The number of carbonyl (C=O) groups excluding carboxylic acids is 1. The highest BCUT2D eigenvalue weighted by Crippen LogP contribution is 2.39. The number of benzene rings is 3. The number of amides is 1. The van der Waals surface area contributed by atoms with Crippen LogP contribution in [0.15, 0.2) is 77.8 Å². The average Bonchev–Trinajstić information content (AvgIpc) is 3.33. The van der Waals surface area contributed by atoms with Crippen LogP contribution in [-0.2, 0) is 21.4 Å². The number of aryl methyl sites for hydroxylation is 1. The molecule has 4 aromatic rings. The molecule has 4 N–H and O–H groups in total. The smallest absolute Gasteiger partial charge is 0.255 e. The lowest BCUT2D eigenvalue weighted by atomic mass is 10.1. The minimum Gasteiger partial charge on any atom is -0.507 e. The van der Waals surface area contributed by atoms with E-state index in [2.05, 4.69) is 5.10 Å². The second kappa shape index (κ2) is 10.3. The van der Waals surface area contributed by atoms with Gasteiger partial charge in [-0.25, -0.2) is 13.1 Å². The van der Waals surface area contributed by atoms with Crippen molar-refractivity contribution in [2.24, 2.45) is 5.73 Å². The summed E-state index contributed by atoms with van der Waals surface area (Å²) >= 11 is 0. The van der Waals surface area contributed by atoms with Gasteiger partial charge in [0.15, 0.2) is 6.61 Å². The van der Waals surface area contributed by atoms with Gasteiger partial charge in [-0.2, -0.15) is 9.40 Å². The standard InChI is InChI=1S/C26H26N4O6S/c1-17-7-3-5-9-20(17)30-21(11-12-28-30)19-13-25(23(32)14-22(19)31)37(34,35)29(2)15-18-8-4-6-10-24(18)36-16-26(27)33/h3-14,31-32H,15-16H2,1-2H3,(H2,27,33). The van der Waals surface area contributed by atoms with E-state index in [0.29, 0.717) is 17.0 Å². The number of ether oxygens (including phenoxy) is 1. The molecule has 0 radical (unpaired) electrons. The monoisotopic (exact) mass is 522 g/mol. The number of rotatable bonds is 9. The molecule has 0 fully saturated rings. The van der Waals surface area contributed by atoms with Crippen molar-refractivity contribution >= 4 is 15.9 Å². The van der Waals surface area contributed by atoms with E-state index >= 15 is 0 Å². The Morgan fingerprint density at radius 2 is 1.76 bits per heavy atom. The number of phenols is 2. The van der Waals surface area contributed by atoms with Gasteiger partial charge in [0, 0.05) is 30.8 Å². The first-order valence-corrected chi connectivity index (χ1v) is 12.7. The Morgan fingerprint density at radius 1 is 1.05 bits per heavy atom. The second-order valence-electron chi connectivity index (χ2n) is 8.38. The Kier molecular flexibility index (Phi) is 7.18. The quantitative estimate of drug-likeness (QED) is 0.306. The van der Waals surface area contributed by atoms with Crippen molar-refractivity contribution in [3.63, 3.8) is 0 Å². The molecule has 0 aliphatic heterocycles. The van der Waals surface area contributed by atoms with Gasteiger partial charge < -0.3 is 20.7 Å². The maximum atomic E-state index is 13.5. The summed E-state index contributed by atoms with van der Waals surface area (Å²) in [6.45, 7) is 1.44. The van der Waals surface area contributed by atoms with Gasteiger partial charge in [0.2, 0.25) is 10.0 Å². The molecule has 37 heavy (non-hydrogen) atoms. The number of aromatic hydroxyl groups is 2. The largest absolute Gasteiger partial charge is 0.507 e. The summed E-state index contributed by atoms with van der Waals surface area (Å²) in [6.07, 6.45) is 1.54. The van der Waals surface area contributed by atoms with Crippen molar-refractivity contribution in [3.8, 4) is 34.2 Å². The van der Waals surface area contributed by atoms with Gasteiger partial charge in [-0.1, -0.05) is 36.4 Å². The summed E-state index contributed by atoms with van der Waals surface area (Å²) in [5, 5.41) is 25.5. The molecular formula is C26H26N4O6S. The van der Waals surface area contributed by atoms with Crippen molar-refractivity contribution in [1.82, 2.24) is 14.1 Å². The number of hydrogen-bond donors (Lipinski definition) is 3. The van der Waals surface area contributed by atoms with Crippen molar-refractivity contribution in [2.45, 2.75) is 18.4 Å². The van der Waals surface area contributed by atoms with Crippen LogP contribution in [0, 0.1) is 6.92 Å². The van der Waals surface area contributed by atoms with Crippen molar-refractivity contribution in [3.05, 3.63) is 84.1 Å². The number of aromatic nitrogens is 2. The van der Waals surface area contributed by atoms with Crippen molar-refractivity contribution in [1.29, 1.82) is 0 Å². The number of nitrogens with two attached hydrogens (primary N) is 1. The zero-order valence-electron chi connectivity index (χ0n) is 20.2. The predicted molar refractivity (Wildman–Crippen MR) is 137 cm³/mol. The van der Waals surface area contributed by atoms with E-state index in [1.165, 1.54) is 19.3 Å². The van der Waals surface area contributed by atoms with Crippen LogP contribution in [0.3, 0.4) is 0 Å². The SMILES string of the molecule is Cc1ccccc1-n1nccc1-c1cc(S(=O)(=O)N(C)Cc2ccccc2OCC(N)=O)c(O)cc1O. The van der Waals surface area contributed by atoms with Gasteiger partial charge in [0.25, 0.3) is 5.91 Å². The van der Waals surface area contributed by atoms with Crippen LogP contribution in [0.25, 0.3) is 16.9 Å². The maximum Gasteiger partial charge on any atom is 0.255 e. The predicted octanol–water partition coefficient (Wildman–Crippen LogP) is 2.94. The Balaban J connectivity index is 1.72. The summed E-state index contributed by atoms with van der Waals surface area (Å²) in [4.78, 5) is 10.7. The molecule has 0 unspecified atom stereocenters. The molecule has 0 spiro atoms. The molecule has 1 aromatic heterocycles. The minimum atomic E-state index is -4.24. The maximum absolute atomic E-state index is 13.5. The molecule has 1 amide bonds. The summed E-state index contributed by atoms with van der Waals surface area (Å²) < 4.78 is 35.1. The molecule has 0 bridgehead atoms. The van der Waals surface area contributed by atoms with Gasteiger partial charge in [0.1, 0.15) is 22.1 Å². The lowest BCUT2D eigenvalue weighted by molar-refractivity contribution is -0.119. The number of hydrogen-bond acceptors (Lipinski definition) is 7. The fraction of sp³-hybridized carbons (Fsp3) is 0.154. The van der Waals surface area contributed by atoms with Crippen LogP contribution in [0.1, 0.15) is 11.1 Å². The number of sulfonamides is 1. The van der Waals surface area contributed by atoms with E-state index < -0.39 is 26.6 Å². The third kappa shape index (κ3) is 5.27. The van der Waals surface area contributed by atoms with Gasteiger partial charge in [-0.3, -0.25) is 4.79 Å². The number of phenolic OH excluding ortho intramolecular Hbond substituents is 2. The fourth-order valence-corrected chi connectivity index (χ4v) is 5.12. The van der Waals surface area contributed by atoms with Crippen LogP contribution < -0.4 is 10.5 Å². The van der Waals surface area contributed by atoms with Crippen LogP contribution in [0.4, 0.5) is 0 Å². The molecule has 1 heterocycles. The lowest BCUT2D eigenvalue weighted by Crippen LogP contribution is -2.27. The van der Waals surface area contributed by atoms with E-state index in [1.54, 1.807) is 35.0 Å². The molecule has 0 saturated heterocycles. The Morgan fingerprint density at radius 3 is 2.49 bits per heavy atom. The van der Waals surface area contributed by atoms with Gasteiger partial charge in [-0.05, 0) is 36.8 Å². The molecule has 192 valence electrons. The van der Waals surface area contributed by atoms with Gasteiger partial charge in [-0.15, -0.1) is 0 Å². The molecule has 0 saturated carbocycles. The zero-order valence-corrected chi connectivity index (χ0v) is 21.0. The third-order valence-corrected chi connectivity index (χ3v) is 7.60. The first kappa shape index (κ1) is 25.7. The fourth-order valence-electron chi connectivity index (χ4n) is 3.89. The Labute approximate surface area is 214 Å². The lowest BCUT2D eigenvalue weighted by Gasteiger charge is -2.20. The third-order valence-electron chi connectivity index (χ3n) is 5.76. The van der Waals surface area contributed by atoms with Crippen LogP contribution >= 0.6 is 0 Å². The van der Waals surface area contributed by atoms with Gasteiger partial charge >= 0.3 is 0 Å². The molecule has 0 atom stereocenters. The summed E-state index contributed by atoms with van der Waals surface area (Å²) in [5.41, 5.74) is 7.94. The molecule has 11 heteroatoms. The van der Waals surface area contributed by atoms with Crippen LogP contribution in [0.5, 0.6) is 17.2 Å². The first-order chi connectivity index (χ1) is 17.6. The average molecular weight is 523 g/mol. The van der Waals surface area contributed by atoms with E-state index in [-0.39, 0.29) is 24.5 Å². The highest BCUT2D eigenvalue weighted by Gasteiger charge is 2.28. The summed E-state index contributed by atoms with van der Waals surface area (Å²) in [7, 11) is -2.89. The van der Waals surface area contributed by atoms with E-state index in [9.17, 15) is 23.4 Å². The molecule has 0 aliphatic rings. The molecule has 0 aliphatic carbocycles. The number of primary amides is 1. The molecule has 3 aromatic carbocycles. The molecular weight excluding hydrogens is 496 g/mol. The van der Waals surface area contributed by atoms with Crippen molar-refractivity contribution in [2.75, 3.05) is 13.7 Å². The Bertz CT molecular complexity index is 1570. The first-order valence-electron chi connectivity index (χ1n) is 11.2. The van der Waals surface area contributed by atoms with Crippen LogP contribution in [0.2, 0.25) is 0 Å². The number of carbonyl (C=O) groups is 1. The highest BCUT2D eigenvalue weighted by atomic mass is 32.2. The normalized spacial score (nSPS) is 11.5. The number of para-hydroxylation sites is 2. The Hall–Kier alpha value is -4.35. The summed E-state index contributed by atoms with van der Waals surface area (Å²) in [6, 6.07) is 18.0. The van der Waals surface area contributed by atoms with E-state index in [4.69, 9.17) is 10.5 Å².